The third-order valence-corrected chi connectivity index (χ3v) is 3.86. The molecule has 2 aromatic rings. The number of aliphatic hydroxyl groups is 2. The molecule has 0 radical (unpaired) electrons. The fraction of sp³-hybridized carbons (Fsp3) is 0.250. The second-order valence-electron chi connectivity index (χ2n) is 5.02. The lowest BCUT2D eigenvalue weighted by atomic mass is 9.74. The molecule has 3 rings (SSSR count). The standard InChI is InChI=1S/C16H16O3/c1-16(18)13-6-4-3-5-11(13)15(17)12-9-10(19-2)7-8-14(12)16/h3-9,15,17-18H,1-2H3. The molecule has 0 amide bonds. The van der Waals surface area contributed by atoms with Gasteiger partial charge in [-0.1, -0.05) is 30.3 Å². The smallest absolute Gasteiger partial charge is 0.119 e. The van der Waals surface area contributed by atoms with Gasteiger partial charge < -0.3 is 14.9 Å². The molecule has 0 heterocycles. The molecule has 0 aliphatic heterocycles. The molecule has 3 heteroatoms. The van der Waals surface area contributed by atoms with Gasteiger partial charge in [0.05, 0.1) is 7.11 Å². The van der Waals surface area contributed by atoms with E-state index in [1.54, 1.807) is 26.2 Å². The van der Waals surface area contributed by atoms with Gasteiger partial charge in [-0.3, -0.25) is 0 Å². The van der Waals surface area contributed by atoms with E-state index in [4.69, 9.17) is 4.74 Å². The molecule has 98 valence electrons. The van der Waals surface area contributed by atoms with Gasteiger partial charge in [-0.25, -0.2) is 0 Å². The number of aliphatic hydroxyl groups excluding tert-OH is 1. The second kappa shape index (κ2) is 4.08. The van der Waals surface area contributed by atoms with Crippen LogP contribution in [0.2, 0.25) is 0 Å². The Morgan fingerprint density at radius 2 is 1.74 bits per heavy atom. The van der Waals surface area contributed by atoms with Crippen LogP contribution >= 0.6 is 0 Å². The first kappa shape index (κ1) is 12.2. The van der Waals surface area contributed by atoms with Gasteiger partial charge in [0.25, 0.3) is 0 Å². The second-order valence-corrected chi connectivity index (χ2v) is 5.02. The largest absolute Gasteiger partial charge is 0.497 e. The first-order valence-electron chi connectivity index (χ1n) is 6.24. The van der Waals surface area contributed by atoms with Gasteiger partial charge in [-0.05, 0) is 41.3 Å². The van der Waals surface area contributed by atoms with Crippen LogP contribution < -0.4 is 4.74 Å². The zero-order valence-corrected chi connectivity index (χ0v) is 10.9. The van der Waals surface area contributed by atoms with Crippen molar-refractivity contribution in [2.75, 3.05) is 7.11 Å². The van der Waals surface area contributed by atoms with E-state index in [1.165, 1.54) is 0 Å². The summed E-state index contributed by atoms with van der Waals surface area (Å²) in [6.07, 6.45) is -0.735. The Labute approximate surface area is 112 Å². The number of benzene rings is 2. The Kier molecular flexibility index (Phi) is 2.62. The van der Waals surface area contributed by atoms with Gasteiger partial charge in [0.15, 0.2) is 0 Å². The Bertz CT molecular complexity index is 632. The molecule has 0 bridgehead atoms. The molecule has 2 aromatic carbocycles. The molecule has 2 unspecified atom stereocenters. The fourth-order valence-corrected chi connectivity index (χ4v) is 2.83. The maximum atomic E-state index is 10.8. The monoisotopic (exact) mass is 256 g/mol. The van der Waals surface area contributed by atoms with Gasteiger partial charge in [0, 0.05) is 0 Å². The van der Waals surface area contributed by atoms with Crippen molar-refractivity contribution in [1.82, 2.24) is 0 Å². The van der Waals surface area contributed by atoms with Gasteiger partial charge in [-0.15, -0.1) is 0 Å². The van der Waals surface area contributed by atoms with Crippen LogP contribution in [0.25, 0.3) is 0 Å². The normalized spacial score (nSPS) is 24.5. The van der Waals surface area contributed by atoms with E-state index in [9.17, 15) is 10.2 Å². The lowest BCUT2D eigenvalue weighted by molar-refractivity contribution is 0.0843. The Balaban J connectivity index is 2.28. The maximum absolute atomic E-state index is 10.8. The number of hydrogen-bond acceptors (Lipinski definition) is 3. The first-order chi connectivity index (χ1) is 9.05. The van der Waals surface area contributed by atoms with Crippen LogP contribution in [0.3, 0.4) is 0 Å². The number of rotatable bonds is 1. The predicted molar refractivity (Wildman–Crippen MR) is 72.2 cm³/mol. The fourth-order valence-electron chi connectivity index (χ4n) is 2.83. The zero-order chi connectivity index (χ0) is 13.6. The minimum absolute atomic E-state index is 0.674. The molecule has 2 atom stereocenters. The van der Waals surface area contributed by atoms with Crippen LogP contribution in [-0.4, -0.2) is 17.3 Å². The molecular weight excluding hydrogens is 240 g/mol. The van der Waals surface area contributed by atoms with E-state index in [0.29, 0.717) is 11.3 Å². The van der Waals surface area contributed by atoms with Gasteiger partial charge >= 0.3 is 0 Å². The number of hydrogen-bond donors (Lipinski definition) is 2. The Hall–Kier alpha value is -1.84. The zero-order valence-electron chi connectivity index (χ0n) is 10.9. The van der Waals surface area contributed by atoms with Gasteiger partial charge in [0.1, 0.15) is 17.5 Å². The summed E-state index contributed by atoms with van der Waals surface area (Å²) in [7, 11) is 1.59. The van der Waals surface area contributed by atoms with E-state index >= 15 is 0 Å². The quantitative estimate of drug-likeness (QED) is 0.823. The summed E-state index contributed by atoms with van der Waals surface area (Å²) in [5.74, 6) is 0.674. The summed E-state index contributed by atoms with van der Waals surface area (Å²) in [4.78, 5) is 0. The molecule has 3 nitrogen and oxygen atoms in total. The van der Waals surface area contributed by atoms with E-state index in [0.717, 1.165) is 16.7 Å². The minimum atomic E-state index is -1.10. The van der Waals surface area contributed by atoms with Crippen molar-refractivity contribution in [1.29, 1.82) is 0 Å². The number of methoxy groups -OCH3 is 1. The number of fused-ring (bicyclic) bond motifs is 2. The molecule has 0 spiro atoms. The Morgan fingerprint density at radius 1 is 1.05 bits per heavy atom. The molecule has 0 fully saturated rings. The van der Waals surface area contributed by atoms with E-state index < -0.39 is 11.7 Å². The highest BCUT2D eigenvalue weighted by Crippen LogP contribution is 2.45. The van der Waals surface area contributed by atoms with Crippen molar-refractivity contribution in [3.8, 4) is 5.75 Å². The molecule has 0 aromatic heterocycles. The summed E-state index contributed by atoms with van der Waals surface area (Å²) in [6, 6.07) is 12.8. The highest BCUT2D eigenvalue weighted by Gasteiger charge is 2.38. The van der Waals surface area contributed by atoms with Crippen molar-refractivity contribution in [3.63, 3.8) is 0 Å². The van der Waals surface area contributed by atoms with Crippen LogP contribution in [0.1, 0.15) is 35.3 Å². The van der Waals surface area contributed by atoms with E-state index in [1.807, 2.05) is 30.3 Å². The lowest BCUT2D eigenvalue weighted by Crippen LogP contribution is -2.31. The number of ether oxygens (including phenoxy) is 1. The maximum Gasteiger partial charge on any atom is 0.119 e. The lowest BCUT2D eigenvalue weighted by Gasteiger charge is -2.36. The summed E-state index contributed by atoms with van der Waals surface area (Å²) >= 11 is 0. The van der Waals surface area contributed by atoms with Crippen LogP contribution in [0.5, 0.6) is 5.75 Å². The molecule has 2 N–H and O–H groups in total. The van der Waals surface area contributed by atoms with Crippen molar-refractivity contribution in [2.45, 2.75) is 18.6 Å². The van der Waals surface area contributed by atoms with Crippen LogP contribution in [0, 0.1) is 0 Å². The van der Waals surface area contributed by atoms with Crippen LogP contribution in [0.4, 0.5) is 0 Å². The predicted octanol–water partition coefficient (Wildman–Crippen LogP) is 2.35. The van der Waals surface area contributed by atoms with E-state index in [2.05, 4.69) is 0 Å². The van der Waals surface area contributed by atoms with Crippen molar-refractivity contribution in [3.05, 3.63) is 64.7 Å². The van der Waals surface area contributed by atoms with E-state index in [-0.39, 0.29) is 0 Å². The highest BCUT2D eigenvalue weighted by atomic mass is 16.5. The summed E-state index contributed by atoms with van der Waals surface area (Å²) in [5, 5.41) is 21.3. The average molecular weight is 256 g/mol. The summed E-state index contributed by atoms with van der Waals surface area (Å²) in [5.41, 5.74) is 1.81. The molecule has 19 heavy (non-hydrogen) atoms. The van der Waals surface area contributed by atoms with Crippen LogP contribution in [0.15, 0.2) is 42.5 Å². The highest BCUT2D eigenvalue weighted by molar-refractivity contribution is 5.54. The van der Waals surface area contributed by atoms with Crippen molar-refractivity contribution >= 4 is 0 Å². The molecule has 1 aliphatic carbocycles. The SMILES string of the molecule is COc1ccc2c(c1)C(O)c1ccccc1C2(C)O. The minimum Gasteiger partial charge on any atom is -0.497 e. The summed E-state index contributed by atoms with van der Waals surface area (Å²) < 4.78 is 5.19. The summed E-state index contributed by atoms with van der Waals surface area (Å²) in [6.45, 7) is 1.75. The molecule has 1 aliphatic rings. The van der Waals surface area contributed by atoms with Crippen molar-refractivity contribution in [2.24, 2.45) is 0 Å². The third kappa shape index (κ3) is 1.66. The molecular formula is C16H16O3. The van der Waals surface area contributed by atoms with Crippen LogP contribution in [-0.2, 0) is 5.60 Å². The van der Waals surface area contributed by atoms with Crippen molar-refractivity contribution < 1.29 is 14.9 Å². The topological polar surface area (TPSA) is 49.7 Å². The average Bonchev–Trinajstić information content (AvgIpc) is 2.44. The first-order valence-corrected chi connectivity index (χ1v) is 6.24. The molecule has 0 saturated carbocycles. The van der Waals surface area contributed by atoms with Gasteiger partial charge in [-0.2, -0.15) is 0 Å². The third-order valence-electron chi connectivity index (χ3n) is 3.86. The Morgan fingerprint density at radius 3 is 2.47 bits per heavy atom. The van der Waals surface area contributed by atoms with Gasteiger partial charge in [0.2, 0.25) is 0 Å². The molecule has 0 saturated heterocycles.